The molecule has 1 heterocycles. The Hall–Kier alpha value is -1.06. The van der Waals surface area contributed by atoms with E-state index in [0.29, 0.717) is 12.0 Å². The van der Waals surface area contributed by atoms with Crippen LogP contribution in [0.25, 0.3) is 0 Å². The second-order valence-electron chi connectivity index (χ2n) is 5.99. The van der Waals surface area contributed by atoms with Crippen LogP contribution < -0.4 is 5.73 Å². The van der Waals surface area contributed by atoms with Gasteiger partial charge in [0.1, 0.15) is 0 Å². The lowest BCUT2D eigenvalue weighted by Crippen LogP contribution is -2.50. The van der Waals surface area contributed by atoms with Crippen LogP contribution in [0.5, 0.6) is 0 Å². The van der Waals surface area contributed by atoms with E-state index in [-0.39, 0.29) is 0 Å². The van der Waals surface area contributed by atoms with Gasteiger partial charge in [-0.2, -0.15) is 0 Å². The molecule has 0 amide bonds. The number of rotatable bonds is 4. The summed E-state index contributed by atoms with van der Waals surface area (Å²) in [6, 6.07) is 9.01. The highest BCUT2D eigenvalue weighted by Gasteiger charge is 2.20. The van der Waals surface area contributed by atoms with Gasteiger partial charge in [0, 0.05) is 31.4 Å². The van der Waals surface area contributed by atoms with Crippen LogP contribution in [0.3, 0.4) is 0 Å². The van der Waals surface area contributed by atoms with Crippen molar-refractivity contribution < 1.29 is 0 Å². The number of hydrogen-bond acceptors (Lipinski definition) is 3. The van der Waals surface area contributed by atoms with Gasteiger partial charge >= 0.3 is 0 Å². The average molecular weight is 261 g/mol. The van der Waals surface area contributed by atoms with Crippen LogP contribution in [-0.4, -0.2) is 49.1 Å². The predicted octanol–water partition coefficient (Wildman–Crippen LogP) is 2.40. The van der Waals surface area contributed by atoms with Crippen LogP contribution in [0.2, 0.25) is 0 Å². The lowest BCUT2D eigenvalue weighted by Gasteiger charge is -2.38. The van der Waals surface area contributed by atoms with Gasteiger partial charge in [0.25, 0.3) is 0 Å². The monoisotopic (exact) mass is 261 g/mol. The van der Waals surface area contributed by atoms with Crippen LogP contribution in [0.1, 0.15) is 31.7 Å². The quantitative estimate of drug-likeness (QED) is 0.845. The second-order valence-corrected chi connectivity index (χ2v) is 5.99. The van der Waals surface area contributed by atoms with Crippen molar-refractivity contribution in [1.82, 2.24) is 9.80 Å². The van der Waals surface area contributed by atoms with Crippen molar-refractivity contribution in [2.24, 2.45) is 0 Å². The van der Waals surface area contributed by atoms with Crippen molar-refractivity contribution in [2.45, 2.75) is 32.2 Å². The zero-order valence-corrected chi connectivity index (χ0v) is 12.5. The van der Waals surface area contributed by atoms with E-state index >= 15 is 0 Å². The molecule has 3 heteroatoms. The smallest absolute Gasteiger partial charge is 0.0314 e. The summed E-state index contributed by atoms with van der Waals surface area (Å²) in [6.45, 7) is 9.42. The summed E-state index contributed by atoms with van der Waals surface area (Å²) in [7, 11) is 2.22. The Morgan fingerprint density at radius 3 is 2.58 bits per heavy atom. The van der Waals surface area contributed by atoms with E-state index in [9.17, 15) is 0 Å². The zero-order chi connectivity index (χ0) is 13.8. The first-order chi connectivity index (χ1) is 9.06. The van der Waals surface area contributed by atoms with Gasteiger partial charge in [-0.3, -0.25) is 0 Å². The molecule has 19 heavy (non-hydrogen) atoms. The van der Waals surface area contributed by atoms with Gasteiger partial charge < -0.3 is 15.5 Å². The average Bonchev–Trinajstić information content (AvgIpc) is 2.40. The second kappa shape index (κ2) is 6.40. The fourth-order valence-corrected chi connectivity index (χ4v) is 2.69. The maximum absolute atomic E-state index is 5.73. The molecule has 1 aliphatic heterocycles. The highest BCUT2D eigenvalue weighted by Crippen LogP contribution is 2.21. The third-order valence-electron chi connectivity index (χ3n) is 4.43. The minimum atomic E-state index is 0.607. The molecule has 1 saturated heterocycles. The zero-order valence-electron chi connectivity index (χ0n) is 12.5. The summed E-state index contributed by atoms with van der Waals surface area (Å²) in [5, 5.41) is 0. The van der Waals surface area contributed by atoms with E-state index in [1.54, 1.807) is 0 Å². The summed E-state index contributed by atoms with van der Waals surface area (Å²) in [5.41, 5.74) is 7.98. The molecular formula is C16H27N3. The summed E-state index contributed by atoms with van der Waals surface area (Å²) < 4.78 is 0. The maximum Gasteiger partial charge on any atom is 0.0314 e. The van der Waals surface area contributed by atoms with Crippen LogP contribution in [-0.2, 0) is 0 Å². The number of hydrogen-bond donors (Lipinski definition) is 1. The molecule has 1 aliphatic rings. The molecule has 0 bridgehead atoms. The number of nitrogens with two attached hydrogens (primary N) is 1. The summed E-state index contributed by atoms with van der Waals surface area (Å²) in [6.07, 6.45) is 1.22. The van der Waals surface area contributed by atoms with Crippen LogP contribution in [0, 0.1) is 0 Å². The molecule has 1 fully saturated rings. The van der Waals surface area contributed by atoms with Crippen LogP contribution >= 0.6 is 0 Å². The third-order valence-corrected chi connectivity index (χ3v) is 4.43. The Morgan fingerprint density at radius 1 is 1.26 bits per heavy atom. The third kappa shape index (κ3) is 3.95. The standard InChI is InChI=1S/C16H27N3/c1-13(15-4-6-16(17)7-5-15)8-9-19-11-10-18(3)14(2)12-19/h4-7,13-14H,8-12,17H2,1-3H3. The molecule has 1 aromatic carbocycles. The van der Waals surface area contributed by atoms with Gasteiger partial charge in [0.2, 0.25) is 0 Å². The van der Waals surface area contributed by atoms with Crippen LogP contribution in [0.4, 0.5) is 5.69 Å². The lowest BCUT2D eigenvalue weighted by atomic mass is 9.97. The Balaban J connectivity index is 1.80. The Bertz CT molecular complexity index is 387. The van der Waals surface area contributed by atoms with Gasteiger partial charge in [-0.15, -0.1) is 0 Å². The Labute approximate surface area is 117 Å². The fraction of sp³-hybridized carbons (Fsp3) is 0.625. The summed E-state index contributed by atoms with van der Waals surface area (Å²) in [4.78, 5) is 5.04. The topological polar surface area (TPSA) is 32.5 Å². The van der Waals surface area contributed by atoms with E-state index in [4.69, 9.17) is 5.73 Å². The molecule has 0 radical (unpaired) electrons. The Kier molecular flexibility index (Phi) is 4.83. The lowest BCUT2D eigenvalue weighted by molar-refractivity contribution is 0.103. The molecule has 0 aromatic heterocycles. The molecule has 2 unspecified atom stereocenters. The van der Waals surface area contributed by atoms with E-state index < -0.39 is 0 Å². The van der Waals surface area contributed by atoms with E-state index in [0.717, 1.165) is 5.69 Å². The molecule has 106 valence electrons. The maximum atomic E-state index is 5.73. The van der Waals surface area contributed by atoms with E-state index in [1.165, 1.54) is 38.2 Å². The SMILES string of the molecule is CC(CCN1CCN(C)C(C)C1)c1ccc(N)cc1. The number of nitrogen functional groups attached to an aromatic ring is 1. The van der Waals surface area contributed by atoms with Gasteiger partial charge in [-0.1, -0.05) is 19.1 Å². The molecule has 2 N–H and O–H groups in total. The van der Waals surface area contributed by atoms with Crippen molar-refractivity contribution in [1.29, 1.82) is 0 Å². The van der Waals surface area contributed by atoms with Gasteiger partial charge in [-0.05, 0) is 50.6 Å². The number of piperazine rings is 1. The van der Waals surface area contributed by atoms with E-state index in [2.05, 4.69) is 42.8 Å². The van der Waals surface area contributed by atoms with Crippen molar-refractivity contribution in [3.8, 4) is 0 Å². The number of benzene rings is 1. The normalized spacial score (nSPS) is 23.4. The van der Waals surface area contributed by atoms with Gasteiger partial charge in [-0.25, -0.2) is 0 Å². The summed E-state index contributed by atoms with van der Waals surface area (Å²) in [5.74, 6) is 0.607. The molecular weight excluding hydrogens is 234 g/mol. The molecule has 0 aliphatic carbocycles. The van der Waals surface area contributed by atoms with Gasteiger partial charge in [0.05, 0.1) is 0 Å². The van der Waals surface area contributed by atoms with Crippen molar-refractivity contribution in [3.63, 3.8) is 0 Å². The minimum absolute atomic E-state index is 0.607. The van der Waals surface area contributed by atoms with Crippen LogP contribution in [0.15, 0.2) is 24.3 Å². The molecule has 2 rings (SSSR count). The van der Waals surface area contributed by atoms with Crippen molar-refractivity contribution in [3.05, 3.63) is 29.8 Å². The Morgan fingerprint density at radius 2 is 1.95 bits per heavy atom. The first-order valence-electron chi connectivity index (χ1n) is 7.34. The van der Waals surface area contributed by atoms with Gasteiger partial charge in [0.15, 0.2) is 0 Å². The molecule has 2 atom stereocenters. The molecule has 0 saturated carbocycles. The summed E-state index contributed by atoms with van der Waals surface area (Å²) >= 11 is 0. The first-order valence-corrected chi connectivity index (χ1v) is 7.34. The molecule has 1 aromatic rings. The largest absolute Gasteiger partial charge is 0.399 e. The predicted molar refractivity (Wildman–Crippen MR) is 82.4 cm³/mol. The number of nitrogens with zero attached hydrogens (tertiary/aromatic N) is 2. The number of anilines is 1. The highest BCUT2D eigenvalue weighted by molar-refractivity contribution is 5.40. The van der Waals surface area contributed by atoms with Crippen molar-refractivity contribution >= 4 is 5.69 Å². The first kappa shape index (κ1) is 14.4. The highest BCUT2D eigenvalue weighted by atomic mass is 15.3. The van der Waals surface area contributed by atoms with Crippen molar-refractivity contribution in [2.75, 3.05) is 39.0 Å². The minimum Gasteiger partial charge on any atom is -0.399 e. The fourth-order valence-electron chi connectivity index (χ4n) is 2.69. The molecule has 3 nitrogen and oxygen atoms in total. The number of likely N-dealkylation sites (N-methyl/N-ethyl adjacent to an activating group) is 1. The molecule has 0 spiro atoms. The van der Waals surface area contributed by atoms with E-state index in [1.807, 2.05) is 12.1 Å².